The predicted octanol–water partition coefficient (Wildman–Crippen LogP) is 3.44. The second kappa shape index (κ2) is 6.49. The number of ketones is 1. The van der Waals surface area contributed by atoms with Crippen LogP contribution in [0.4, 0.5) is 21.9 Å². The van der Waals surface area contributed by atoms with Crippen molar-refractivity contribution in [3.63, 3.8) is 0 Å². The molecule has 0 radical (unpaired) electrons. The van der Waals surface area contributed by atoms with Crippen LogP contribution in [-0.2, 0) is 0 Å². The number of rotatable bonds is 4. The number of urea groups is 1. The quantitative estimate of drug-likeness (QED) is 0.513. The van der Waals surface area contributed by atoms with Crippen molar-refractivity contribution in [1.82, 2.24) is 0 Å². The number of nitro benzene ring substituents is 1. The maximum Gasteiger partial charge on any atom is 0.323 e. The predicted molar refractivity (Wildman–Crippen MR) is 82.2 cm³/mol. The van der Waals surface area contributed by atoms with Gasteiger partial charge in [0, 0.05) is 17.3 Å². The smallest absolute Gasteiger partial charge is 0.308 e. The van der Waals surface area contributed by atoms with Crippen LogP contribution < -0.4 is 10.6 Å². The fourth-order valence-corrected chi connectivity index (χ4v) is 1.81. The maximum absolute atomic E-state index is 11.9. The Kier molecular flexibility index (Phi) is 4.47. The largest absolute Gasteiger partial charge is 0.323 e. The fourth-order valence-electron chi connectivity index (χ4n) is 1.81. The molecule has 0 atom stereocenters. The van der Waals surface area contributed by atoms with E-state index in [0.717, 1.165) is 6.07 Å². The lowest BCUT2D eigenvalue weighted by atomic mass is 10.1. The summed E-state index contributed by atoms with van der Waals surface area (Å²) < 4.78 is 0. The molecular weight excluding hydrogens is 286 g/mol. The number of carbonyl (C=O) groups is 2. The molecule has 0 aliphatic carbocycles. The van der Waals surface area contributed by atoms with Crippen LogP contribution in [0.1, 0.15) is 17.3 Å². The molecule has 22 heavy (non-hydrogen) atoms. The van der Waals surface area contributed by atoms with Crippen molar-refractivity contribution in [2.24, 2.45) is 0 Å². The van der Waals surface area contributed by atoms with Gasteiger partial charge in [-0.3, -0.25) is 14.9 Å². The zero-order valence-electron chi connectivity index (χ0n) is 11.7. The lowest BCUT2D eigenvalue weighted by Crippen LogP contribution is -2.20. The number of nitrogens with one attached hydrogen (secondary N) is 2. The number of amides is 2. The van der Waals surface area contributed by atoms with Crippen LogP contribution in [0.5, 0.6) is 0 Å². The van der Waals surface area contributed by atoms with E-state index in [4.69, 9.17) is 0 Å². The number of nitro groups is 1. The molecular formula is C15H13N3O4. The lowest BCUT2D eigenvalue weighted by molar-refractivity contribution is -0.383. The summed E-state index contributed by atoms with van der Waals surface area (Å²) in [6.07, 6.45) is 0. The molecule has 2 aromatic rings. The van der Waals surface area contributed by atoms with E-state index in [0.29, 0.717) is 5.69 Å². The van der Waals surface area contributed by atoms with Crippen LogP contribution >= 0.6 is 0 Å². The number of hydrogen-bond acceptors (Lipinski definition) is 4. The van der Waals surface area contributed by atoms with Crippen molar-refractivity contribution in [2.75, 3.05) is 10.6 Å². The van der Waals surface area contributed by atoms with E-state index in [1.165, 1.54) is 19.1 Å². The second-order valence-corrected chi connectivity index (χ2v) is 4.49. The van der Waals surface area contributed by atoms with Crippen molar-refractivity contribution >= 4 is 28.9 Å². The molecule has 0 unspecified atom stereocenters. The van der Waals surface area contributed by atoms with Gasteiger partial charge in [-0.25, -0.2) is 4.79 Å². The Labute approximate surface area is 126 Å². The lowest BCUT2D eigenvalue weighted by Gasteiger charge is -2.08. The monoisotopic (exact) mass is 299 g/mol. The van der Waals surface area contributed by atoms with E-state index in [2.05, 4.69) is 10.6 Å². The summed E-state index contributed by atoms with van der Waals surface area (Å²) in [5, 5.41) is 16.0. The van der Waals surface area contributed by atoms with Gasteiger partial charge < -0.3 is 10.6 Å². The molecule has 2 amide bonds. The first-order valence-corrected chi connectivity index (χ1v) is 6.40. The molecule has 2 N–H and O–H groups in total. The SMILES string of the molecule is CC(=O)c1ccc(NC(=O)Nc2ccccc2)c([N+](=O)[O-])c1. The second-order valence-electron chi connectivity index (χ2n) is 4.49. The minimum Gasteiger partial charge on any atom is -0.308 e. The fraction of sp³-hybridized carbons (Fsp3) is 0.0667. The molecule has 0 heterocycles. The first kappa shape index (κ1) is 15.2. The van der Waals surface area contributed by atoms with E-state index < -0.39 is 11.0 Å². The van der Waals surface area contributed by atoms with E-state index in [1.807, 2.05) is 0 Å². The van der Waals surface area contributed by atoms with Crippen LogP contribution in [0.2, 0.25) is 0 Å². The Morgan fingerprint density at radius 1 is 1.05 bits per heavy atom. The van der Waals surface area contributed by atoms with Gasteiger partial charge in [0.15, 0.2) is 5.78 Å². The molecule has 0 fully saturated rings. The molecule has 2 rings (SSSR count). The third-order valence-corrected chi connectivity index (χ3v) is 2.88. The van der Waals surface area contributed by atoms with Gasteiger partial charge in [0.05, 0.1) is 4.92 Å². The summed E-state index contributed by atoms with van der Waals surface area (Å²) in [5.41, 5.74) is 0.447. The van der Waals surface area contributed by atoms with Gasteiger partial charge in [0.1, 0.15) is 5.69 Å². The highest BCUT2D eigenvalue weighted by atomic mass is 16.6. The first-order valence-electron chi connectivity index (χ1n) is 6.40. The van der Waals surface area contributed by atoms with Gasteiger partial charge in [-0.2, -0.15) is 0 Å². The van der Waals surface area contributed by atoms with Gasteiger partial charge in [-0.05, 0) is 31.2 Å². The van der Waals surface area contributed by atoms with Crippen molar-refractivity contribution in [1.29, 1.82) is 0 Å². The molecule has 0 aromatic heterocycles. The van der Waals surface area contributed by atoms with Gasteiger partial charge in [0.25, 0.3) is 5.69 Å². The number of benzene rings is 2. The van der Waals surface area contributed by atoms with Crippen molar-refractivity contribution < 1.29 is 14.5 Å². The molecule has 0 saturated heterocycles. The number of Topliss-reactive ketones (excluding diaryl/α,β-unsaturated/α-hetero) is 1. The molecule has 7 heteroatoms. The first-order chi connectivity index (χ1) is 10.5. The van der Waals surface area contributed by atoms with Crippen LogP contribution in [0, 0.1) is 10.1 Å². The minimum atomic E-state index is -0.648. The molecule has 112 valence electrons. The number of anilines is 2. The zero-order valence-corrected chi connectivity index (χ0v) is 11.7. The summed E-state index contributed by atoms with van der Waals surface area (Å²) >= 11 is 0. The molecule has 0 aliphatic heterocycles. The molecule has 7 nitrogen and oxygen atoms in total. The molecule has 0 bridgehead atoms. The summed E-state index contributed by atoms with van der Waals surface area (Å²) in [6, 6.07) is 12.0. The zero-order chi connectivity index (χ0) is 16.1. The third kappa shape index (κ3) is 3.66. The Bertz CT molecular complexity index is 729. The van der Waals surface area contributed by atoms with E-state index in [-0.39, 0.29) is 22.7 Å². The normalized spacial score (nSPS) is 9.86. The van der Waals surface area contributed by atoms with Crippen molar-refractivity contribution in [3.05, 3.63) is 64.2 Å². The average Bonchev–Trinajstić information content (AvgIpc) is 2.48. The highest BCUT2D eigenvalue weighted by Crippen LogP contribution is 2.26. The van der Waals surface area contributed by atoms with Crippen molar-refractivity contribution in [3.8, 4) is 0 Å². The van der Waals surface area contributed by atoms with Crippen LogP contribution in [0.25, 0.3) is 0 Å². The van der Waals surface area contributed by atoms with E-state index in [1.54, 1.807) is 30.3 Å². The molecule has 0 aliphatic rings. The highest BCUT2D eigenvalue weighted by molar-refractivity contribution is 6.02. The Balaban J connectivity index is 2.20. The summed E-state index contributed by atoms with van der Waals surface area (Å²) in [6.45, 7) is 1.31. The Morgan fingerprint density at radius 3 is 2.32 bits per heavy atom. The van der Waals surface area contributed by atoms with Gasteiger partial charge in [0.2, 0.25) is 0 Å². The summed E-state index contributed by atoms with van der Waals surface area (Å²) in [4.78, 5) is 33.5. The van der Waals surface area contributed by atoms with E-state index >= 15 is 0 Å². The minimum absolute atomic E-state index is 0.0171. The van der Waals surface area contributed by atoms with Gasteiger partial charge in [-0.1, -0.05) is 18.2 Å². The Hall–Kier alpha value is -3.22. The van der Waals surface area contributed by atoms with Gasteiger partial charge in [-0.15, -0.1) is 0 Å². The highest BCUT2D eigenvalue weighted by Gasteiger charge is 2.18. The third-order valence-electron chi connectivity index (χ3n) is 2.88. The molecule has 2 aromatic carbocycles. The number of hydrogen-bond donors (Lipinski definition) is 2. The average molecular weight is 299 g/mol. The number of para-hydroxylation sites is 1. The van der Waals surface area contributed by atoms with E-state index in [9.17, 15) is 19.7 Å². The molecule has 0 saturated carbocycles. The van der Waals surface area contributed by atoms with Crippen LogP contribution in [0.15, 0.2) is 48.5 Å². The van der Waals surface area contributed by atoms with Crippen molar-refractivity contribution in [2.45, 2.75) is 6.92 Å². The molecule has 0 spiro atoms. The summed E-state index contributed by atoms with van der Waals surface area (Å²) in [7, 11) is 0. The van der Waals surface area contributed by atoms with Crippen LogP contribution in [-0.4, -0.2) is 16.7 Å². The maximum atomic E-state index is 11.9. The topological polar surface area (TPSA) is 101 Å². The number of carbonyl (C=O) groups excluding carboxylic acids is 2. The standard InChI is InChI=1S/C15H13N3O4/c1-10(19)11-7-8-13(14(9-11)18(21)22)17-15(20)16-12-5-3-2-4-6-12/h2-9H,1H3,(H2,16,17,20). The van der Waals surface area contributed by atoms with Crippen LogP contribution in [0.3, 0.4) is 0 Å². The summed E-state index contributed by atoms with van der Waals surface area (Å²) in [5.74, 6) is -0.289. The Morgan fingerprint density at radius 2 is 1.73 bits per heavy atom. The number of nitrogens with zero attached hydrogens (tertiary/aromatic N) is 1. The van der Waals surface area contributed by atoms with Gasteiger partial charge >= 0.3 is 6.03 Å².